The highest BCUT2D eigenvalue weighted by atomic mass is 35.5. The summed E-state index contributed by atoms with van der Waals surface area (Å²) < 4.78 is 38.8. The molecular formula is C12H14ClF2NO3S. The number of benzene rings is 1. The van der Waals surface area contributed by atoms with Gasteiger partial charge >= 0.3 is 0 Å². The number of hydrogen-bond acceptors (Lipinski definition) is 4. The monoisotopic (exact) mass is 325 g/mol. The van der Waals surface area contributed by atoms with Gasteiger partial charge in [-0.3, -0.25) is 0 Å². The van der Waals surface area contributed by atoms with E-state index in [0.717, 1.165) is 6.07 Å². The van der Waals surface area contributed by atoms with Crippen molar-refractivity contribution in [2.45, 2.75) is 23.3 Å². The van der Waals surface area contributed by atoms with Crippen LogP contribution in [0.4, 0.5) is 8.78 Å². The quantitative estimate of drug-likeness (QED) is 0.827. The van der Waals surface area contributed by atoms with E-state index in [2.05, 4.69) is 0 Å². The molecule has 0 saturated carbocycles. The summed E-state index contributed by atoms with van der Waals surface area (Å²) >= 11 is 4.23. The van der Waals surface area contributed by atoms with E-state index in [1.54, 1.807) is 0 Å². The predicted octanol–water partition coefficient (Wildman–Crippen LogP) is 1.73. The van der Waals surface area contributed by atoms with Gasteiger partial charge in [0.05, 0.1) is 29.5 Å². The second-order valence-electron chi connectivity index (χ2n) is 4.74. The molecule has 0 amide bonds. The van der Waals surface area contributed by atoms with Crippen molar-refractivity contribution >= 4 is 23.0 Å². The molecule has 2 rings (SSSR count). The zero-order chi connectivity index (χ0) is 14.9. The third-order valence-corrected chi connectivity index (χ3v) is 5.16. The lowest BCUT2D eigenvalue weighted by atomic mass is 10.1. The van der Waals surface area contributed by atoms with Crippen LogP contribution in [0, 0.1) is 0 Å². The molecule has 2 N–H and O–H groups in total. The van der Waals surface area contributed by atoms with E-state index in [9.17, 15) is 18.4 Å². The largest absolute Gasteiger partial charge is 0.593 e. The zero-order valence-corrected chi connectivity index (χ0v) is 12.0. The molecule has 0 bridgehead atoms. The van der Waals surface area contributed by atoms with Crippen molar-refractivity contribution in [3.8, 4) is 0 Å². The second-order valence-corrected chi connectivity index (χ2v) is 6.60. The van der Waals surface area contributed by atoms with E-state index in [4.69, 9.17) is 16.7 Å². The number of aliphatic hydroxyl groups is 2. The number of halogens is 3. The molecule has 1 saturated heterocycles. The lowest BCUT2D eigenvalue weighted by Crippen LogP contribution is -2.38. The fourth-order valence-electron chi connectivity index (χ4n) is 2.02. The zero-order valence-electron chi connectivity index (χ0n) is 10.4. The molecule has 20 heavy (non-hydrogen) atoms. The maximum absolute atomic E-state index is 12.5. The Balaban J connectivity index is 2.16. The van der Waals surface area contributed by atoms with Gasteiger partial charge in [0.1, 0.15) is 5.60 Å². The normalized spacial score (nSPS) is 25.4. The molecule has 2 unspecified atom stereocenters. The van der Waals surface area contributed by atoms with Crippen LogP contribution in [0.3, 0.4) is 0 Å². The maximum Gasteiger partial charge on any atom is 0.263 e. The fraction of sp³-hybridized carbons (Fsp3) is 0.500. The van der Waals surface area contributed by atoms with Gasteiger partial charge in [-0.05, 0) is 24.6 Å². The summed E-state index contributed by atoms with van der Waals surface area (Å²) in [6.07, 6.45) is -2.34. The Morgan fingerprint density at radius 3 is 2.70 bits per heavy atom. The highest BCUT2D eigenvalue weighted by molar-refractivity contribution is 7.89. The van der Waals surface area contributed by atoms with Gasteiger partial charge in [-0.25, -0.2) is 8.78 Å². The smallest absolute Gasteiger partial charge is 0.263 e. The van der Waals surface area contributed by atoms with Gasteiger partial charge < -0.3 is 14.8 Å². The van der Waals surface area contributed by atoms with Crippen molar-refractivity contribution in [2.75, 3.05) is 19.7 Å². The first-order valence-corrected chi connectivity index (χ1v) is 7.42. The summed E-state index contributed by atoms with van der Waals surface area (Å²) in [6, 6.07) is 3.57. The Morgan fingerprint density at radius 2 is 2.20 bits per heavy atom. The second kappa shape index (κ2) is 6.13. The number of hydrogen-bond donors (Lipinski definition) is 2. The molecule has 0 radical (unpaired) electrons. The first-order chi connectivity index (χ1) is 9.36. The number of rotatable bonds is 4. The first kappa shape index (κ1) is 15.9. The van der Waals surface area contributed by atoms with E-state index in [1.807, 2.05) is 0 Å². The summed E-state index contributed by atoms with van der Waals surface area (Å²) in [6.45, 7) is -0.0433. The topological polar surface area (TPSA) is 66.8 Å². The summed E-state index contributed by atoms with van der Waals surface area (Å²) in [4.78, 5) is 0.221. The van der Waals surface area contributed by atoms with Crippen molar-refractivity contribution in [1.29, 1.82) is 0 Å². The van der Waals surface area contributed by atoms with Crippen LogP contribution in [-0.4, -0.2) is 44.4 Å². The minimum Gasteiger partial charge on any atom is -0.593 e. The third kappa shape index (κ3) is 3.24. The fourth-order valence-corrected chi connectivity index (χ4v) is 3.71. The van der Waals surface area contributed by atoms with Gasteiger partial charge in [0.2, 0.25) is 0 Å². The molecule has 8 heteroatoms. The number of aliphatic hydroxyl groups excluding tert-OH is 1. The lowest BCUT2D eigenvalue weighted by molar-refractivity contribution is -0.000727. The molecule has 1 aromatic rings. The van der Waals surface area contributed by atoms with E-state index in [1.165, 1.54) is 16.4 Å². The molecule has 1 aromatic carbocycles. The SMILES string of the molecule is [O-][S+](c1ccc(C(F)F)cc1Cl)N1CCC(O)(CO)C1. The molecule has 1 aliphatic rings. The van der Waals surface area contributed by atoms with Gasteiger partial charge in [-0.15, -0.1) is 4.31 Å². The highest BCUT2D eigenvalue weighted by Crippen LogP contribution is 2.32. The van der Waals surface area contributed by atoms with Crippen LogP contribution >= 0.6 is 11.6 Å². The maximum atomic E-state index is 12.5. The molecule has 1 aliphatic heterocycles. The van der Waals surface area contributed by atoms with Crippen molar-refractivity contribution in [3.63, 3.8) is 0 Å². The van der Waals surface area contributed by atoms with Crippen LogP contribution in [-0.2, 0) is 11.4 Å². The Morgan fingerprint density at radius 1 is 1.50 bits per heavy atom. The third-order valence-electron chi connectivity index (χ3n) is 3.22. The van der Waals surface area contributed by atoms with Crippen LogP contribution in [0.5, 0.6) is 0 Å². The molecule has 0 aliphatic carbocycles. The molecule has 112 valence electrons. The molecule has 4 nitrogen and oxygen atoms in total. The molecule has 1 fully saturated rings. The number of alkyl halides is 2. The van der Waals surface area contributed by atoms with Crippen molar-refractivity contribution in [2.24, 2.45) is 0 Å². The summed E-state index contributed by atoms with van der Waals surface area (Å²) in [7, 11) is 0. The summed E-state index contributed by atoms with van der Waals surface area (Å²) in [5.41, 5.74) is -1.51. The van der Waals surface area contributed by atoms with Crippen LogP contribution in [0.1, 0.15) is 18.4 Å². The van der Waals surface area contributed by atoms with Crippen molar-refractivity contribution in [3.05, 3.63) is 28.8 Å². The van der Waals surface area contributed by atoms with Crippen LogP contribution in [0.15, 0.2) is 23.1 Å². The van der Waals surface area contributed by atoms with Gasteiger partial charge in [0.25, 0.3) is 6.43 Å². The van der Waals surface area contributed by atoms with E-state index in [-0.39, 0.29) is 22.0 Å². The van der Waals surface area contributed by atoms with E-state index < -0.39 is 30.0 Å². The molecule has 1 heterocycles. The van der Waals surface area contributed by atoms with E-state index >= 15 is 0 Å². The lowest BCUT2D eigenvalue weighted by Gasteiger charge is -2.22. The standard InChI is InChI=1S/C12H14ClF2NO3S/c13-9-5-8(11(14)15)1-2-10(9)20(19)16-4-3-12(18,6-16)7-17/h1-2,5,11,17-18H,3-4,6-7H2. The Hall–Kier alpha value is -0.440. The first-order valence-electron chi connectivity index (χ1n) is 5.94. The average molecular weight is 326 g/mol. The van der Waals surface area contributed by atoms with Crippen molar-refractivity contribution in [1.82, 2.24) is 4.31 Å². The molecule has 0 spiro atoms. The Bertz CT molecular complexity index is 494. The van der Waals surface area contributed by atoms with Crippen molar-refractivity contribution < 1.29 is 23.5 Å². The summed E-state index contributed by atoms with van der Waals surface area (Å²) in [5.74, 6) is 0. The van der Waals surface area contributed by atoms with Crippen LogP contribution in [0.25, 0.3) is 0 Å². The Kier molecular flexibility index (Phi) is 4.88. The van der Waals surface area contributed by atoms with Gasteiger partial charge in [-0.2, -0.15) is 0 Å². The minimum absolute atomic E-state index is 0.000529. The number of β-amino-alcohol motifs (C(OH)–C–C–N with tert-alkyl or cyclic N) is 1. The molecule has 2 atom stereocenters. The van der Waals surface area contributed by atoms with E-state index in [0.29, 0.717) is 13.0 Å². The van der Waals surface area contributed by atoms with Gasteiger partial charge in [-0.1, -0.05) is 11.6 Å². The molecule has 0 aromatic heterocycles. The average Bonchev–Trinajstić information content (AvgIpc) is 2.81. The Labute approximate surface area is 123 Å². The summed E-state index contributed by atoms with van der Waals surface area (Å²) in [5, 5.41) is 19.0. The molecular weight excluding hydrogens is 312 g/mol. The van der Waals surface area contributed by atoms with Gasteiger partial charge in [0, 0.05) is 12.1 Å². The highest BCUT2D eigenvalue weighted by Gasteiger charge is 2.42. The minimum atomic E-state index is -2.64. The van der Waals surface area contributed by atoms with Crippen LogP contribution in [0.2, 0.25) is 5.02 Å². The van der Waals surface area contributed by atoms with Gasteiger partial charge in [0.15, 0.2) is 4.90 Å². The predicted molar refractivity (Wildman–Crippen MR) is 71.0 cm³/mol. The number of nitrogens with zero attached hydrogens (tertiary/aromatic N) is 1. The van der Waals surface area contributed by atoms with Crippen LogP contribution < -0.4 is 0 Å².